The number of rotatable bonds is 6. The quantitative estimate of drug-likeness (QED) is 0.813. The van der Waals surface area contributed by atoms with Crippen molar-refractivity contribution in [1.29, 1.82) is 0 Å². The number of amides is 1. The van der Waals surface area contributed by atoms with E-state index in [4.69, 9.17) is 0 Å². The molecule has 110 valence electrons. The minimum atomic E-state index is -0.595. The van der Waals surface area contributed by atoms with E-state index < -0.39 is 11.6 Å². The van der Waals surface area contributed by atoms with E-state index in [0.717, 1.165) is 32.0 Å². The van der Waals surface area contributed by atoms with Gasteiger partial charge < -0.3 is 10.2 Å². The van der Waals surface area contributed by atoms with Gasteiger partial charge in [-0.3, -0.25) is 4.79 Å². The molecule has 20 heavy (non-hydrogen) atoms. The minimum absolute atomic E-state index is 0.0511. The molecule has 0 unspecified atom stereocenters. The summed E-state index contributed by atoms with van der Waals surface area (Å²) < 4.78 is 26.6. The van der Waals surface area contributed by atoms with E-state index in [1.807, 2.05) is 6.92 Å². The van der Waals surface area contributed by atoms with Crippen LogP contribution in [-0.4, -0.2) is 29.9 Å². The van der Waals surface area contributed by atoms with Crippen LogP contribution in [0.5, 0.6) is 0 Å². The number of nitrogens with one attached hydrogen (secondary N) is 1. The van der Waals surface area contributed by atoms with Crippen molar-refractivity contribution >= 4 is 5.91 Å². The summed E-state index contributed by atoms with van der Waals surface area (Å²) in [5, 5.41) is 3.23. The Hall–Kier alpha value is -1.49. The van der Waals surface area contributed by atoms with Crippen molar-refractivity contribution in [2.45, 2.75) is 38.8 Å². The Morgan fingerprint density at radius 3 is 2.90 bits per heavy atom. The molecule has 0 radical (unpaired) electrons. The maximum absolute atomic E-state index is 13.7. The van der Waals surface area contributed by atoms with Gasteiger partial charge in [0.2, 0.25) is 5.91 Å². The maximum atomic E-state index is 13.7. The number of carbonyl (C=O) groups excluding carboxylic acids is 1. The van der Waals surface area contributed by atoms with Gasteiger partial charge in [0, 0.05) is 30.6 Å². The van der Waals surface area contributed by atoms with Crippen molar-refractivity contribution in [3.8, 4) is 0 Å². The first-order chi connectivity index (χ1) is 9.61. The first-order valence-electron chi connectivity index (χ1n) is 7.06. The predicted octanol–water partition coefficient (Wildman–Crippen LogP) is 2.46. The normalized spacial score (nSPS) is 18.9. The number of carbonyl (C=O) groups is 1. The number of likely N-dealkylation sites (tertiary alicyclic amines) is 1. The highest BCUT2D eigenvalue weighted by Gasteiger charge is 2.30. The van der Waals surface area contributed by atoms with Crippen LogP contribution in [0.15, 0.2) is 18.2 Å². The molecule has 1 saturated heterocycles. The zero-order valence-electron chi connectivity index (χ0n) is 11.7. The fourth-order valence-electron chi connectivity index (χ4n) is 2.59. The highest BCUT2D eigenvalue weighted by atomic mass is 19.1. The van der Waals surface area contributed by atoms with Crippen molar-refractivity contribution in [2.24, 2.45) is 0 Å². The highest BCUT2D eigenvalue weighted by molar-refractivity contribution is 5.78. The Bertz CT molecular complexity index is 479. The zero-order chi connectivity index (χ0) is 14.5. The van der Waals surface area contributed by atoms with Crippen molar-refractivity contribution < 1.29 is 13.6 Å². The number of halogens is 2. The molecule has 1 amide bonds. The van der Waals surface area contributed by atoms with Crippen LogP contribution in [0.25, 0.3) is 0 Å². The van der Waals surface area contributed by atoms with E-state index in [1.165, 1.54) is 12.1 Å². The van der Waals surface area contributed by atoms with Crippen LogP contribution in [0, 0.1) is 11.6 Å². The third-order valence-electron chi connectivity index (χ3n) is 3.71. The molecular formula is C15H20F2N2O. The van der Waals surface area contributed by atoms with Gasteiger partial charge in [-0.2, -0.15) is 0 Å². The predicted molar refractivity (Wildman–Crippen MR) is 73.1 cm³/mol. The number of hydrogen-bond donors (Lipinski definition) is 1. The largest absolute Gasteiger partial charge is 0.335 e. The smallest absolute Gasteiger partial charge is 0.223 e. The summed E-state index contributed by atoms with van der Waals surface area (Å²) in [4.78, 5) is 13.6. The Morgan fingerprint density at radius 2 is 2.20 bits per heavy atom. The van der Waals surface area contributed by atoms with Gasteiger partial charge >= 0.3 is 0 Å². The first kappa shape index (κ1) is 14.9. The SMILES string of the molecule is CCNCC[C@H]1CCC(=O)N1Cc1ccc(F)cc1F. The van der Waals surface area contributed by atoms with Crippen LogP contribution >= 0.6 is 0 Å². The molecule has 0 bridgehead atoms. The third-order valence-corrected chi connectivity index (χ3v) is 3.71. The third kappa shape index (κ3) is 3.54. The topological polar surface area (TPSA) is 32.3 Å². The average Bonchev–Trinajstić information content (AvgIpc) is 2.75. The van der Waals surface area contributed by atoms with Gasteiger partial charge in [-0.1, -0.05) is 13.0 Å². The van der Waals surface area contributed by atoms with Crippen molar-refractivity contribution in [1.82, 2.24) is 10.2 Å². The lowest BCUT2D eigenvalue weighted by molar-refractivity contribution is -0.129. The Morgan fingerprint density at radius 1 is 1.40 bits per heavy atom. The second-order valence-corrected chi connectivity index (χ2v) is 5.09. The molecule has 1 heterocycles. The molecule has 3 nitrogen and oxygen atoms in total. The molecular weight excluding hydrogens is 262 g/mol. The maximum Gasteiger partial charge on any atom is 0.223 e. The second kappa shape index (κ2) is 6.79. The first-order valence-corrected chi connectivity index (χ1v) is 7.06. The average molecular weight is 282 g/mol. The lowest BCUT2D eigenvalue weighted by atomic mass is 10.1. The molecule has 0 aliphatic carbocycles. The zero-order valence-corrected chi connectivity index (χ0v) is 11.7. The summed E-state index contributed by atoms with van der Waals surface area (Å²) in [5.41, 5.74) is 0.370. The summed E-state index contributed by atoms with van der Waals surface area (Å²) >= 11 is 0. The Labute approximate surface area is 118 Å². The van der Waals surface area contributed by atoms with Crippen LogP contribution in [0.2, 0.25) is 0 Å². The van der Waals surface area contributed by atoms with Gasteiger partial charge in [0.25, 0.3) is 0 Å². The molecule has 1 aliphatic rings. The summed E-state index contributed by atoms with van der Waals surface area (Å²) in [6.45, 7) is 4.00. The van der Waals surface area contributed by atoms with E-state index in [0.29, 0.717) is 12.0 Å². The van der Waals surface area contributed by atoms with Crippen LogP contribution in [0.1, 0.15) is 31.7 Å². The van der Waals surface area contributed by atoms with Gasteiger partial charge in [0.05, 0.1) is 0 Å². The van der Waals surface area contributed by atoms with Gasteiger partial charge in [-0.05, 0) is 32.0 Å². The van der Waals surface area contributed by atoms with Crippen molar-refractivity contribution in [3.05, 3.63) is 35.4 Å². The molecule has 5 heteroatoms. The Balaban J connectivity index is 2.02. The van der Waals surface area contributed by atoms with Crippen molar-refractivity contribution in [3.63, 3.8) is 0 Å². The second-order valence-electron chi connectivity index (χ2n) is 5.09. The monoisotopic (exact) mass is 282 g/mol. The molecule has 1 fully saturated rings. The lowest BCUT2D eigenvalue weighted by Gasteiger charge is -2.25. The Kier molecular flexibility index (Phi) is 5.06. The molecule has 1 aromatic rings. The molecule has 2 rings (SSSR count). The van der Waals surface area contributed by atoms with E-state index >= 15 is 0 Å². The van der Waals surface area contributed by atoms with E-state index in [9.17, 15) is 13.6 Å². The highest BCUT2D eigenvalue weighted by Crippen LogP contribution is 2.24. The number of nitrogens with zero attached hydrogens (tertiary/aromatic N) is 1. The van der Waals surface area contributed by atoms with Gasteiger partial charge in [0.15, 0.2) is 0 Å². The van der Waals surface area contributed by atoms with E-state index in [2.05, 4.69) is 5.32 Å². The van der Waals surface area contributed by atoms with E-state index in [-0.39, 0.29) is 18.5 Å². The number of benzene rings is 1. The number of hydrogen-bond acceptors (Lipinski definition) is 2. The van der Waals surface area contributed by atoms with Gasteiger partial charge in [-0.25, -0.2) is 8.78 Å². The van der Waals surface area contributed by atoms with Crippen LogP contribution < -0.4 is 5.32 Å². The summed E-state index contributed by atoms with van der Waals surface area (Å²) in [5.74, 6) is -1.13. The molecule has 0 spiro atoms. The fourth-order valence-corrected chi connectivity index (χ4v) is 2.59. The standard InChI is InChI=1S/C15H20F2N2O/c1-2-18-8-7-13-5-6-15(20)19(13)10-11-3-4-12(16)9-14(11)17/h3-4,9,13,18H,2,5-8,10H2,1H3/t13-/m1/s1. The molecule has 1 atom stereocenters. The van der Waals surface area contributed by atoms with Gasteiger partial charge in [0.1, 0.15) is 11.6 Å². The molecule has 0 saturated carbocycles. The summed E-state index contributed by atoms with van der Waals surface area (Å²) in [6, 6.07) is 3.65. The lowest BCUT2D eigenvalue weighted by Crippen LogP contribution is -2.35. The van der Waals surface area contributed by atoms with Crippen LogP contribution in [-0.2, 0) is 11.3 Å². The van der Waals surface area contributed by atoms with Crippen molar-refractivity contribution in [2.75, 3.05) is 13.1 Å². The summed E-state index contributed by atoms with van der Waals surface area (Å²) in [7, 11) is 0. The molecule has 1 aliphatic heterocycles. The molecule has 1 N–H and O–H groups in total. The summed E-state index contributed by atoms with van der Waals surface area (Å²) in [6.07, 6.45) is 2.19. The van der Waals surface area contributed by atoms with Gasteiger partial charge in [-0.15, -0.1) is 0 Å². The van der Waals surface area contributed by atoms with Crippen LogP contribution in [0.3, 0.4) is 0 Å². The van der Waals surface area contributed by atoms with Crippen LogP contribution in [0.4, 0.5) is 8.78 Å². The van der Waals surface area contributed by atoms with E-state index in [1.54, 1.807) is 4.90 Å². The molecule has 0 aromatic heterocycles. The minimum Gasteiger partial charge on any atom is -0.335 e. The molecule has 1 aromatic carbocycles. The fraction of sp³-hybridized carbons (Fsp3) is 0.533.